The fraction of sp³-hybridized carbons (Fsp3) is 0.273. The Labute approximate surface area is 170 Å². The van der Waals surface area contributed by atoms with Gasteiger partial charge in [0, 0.05) is 24.9 Å². The van der Waals surface area contributed by atoms with Crippen LogP contribution in [0.2, 0.25) is 0 Å². The molecule has 0 saturated carbocycles. The standard InChI is InChI=1S/C22H25N3O4/c1-15(14-27-2)23-22(26)21-18(13-25(24-21)17-8-6-5-7-9-17)16-10-11-19(28-3)20(12-16)29-4/h5-13,15H,14H2,1-4H3,(H,23,26). The Balaban J connectivity index is 2.07. The number of amides is 1. The second-order valence-corrected chi connectivity index (χ2v) is 6.57. The van der Waals surface area contributed by atoms with E-state index in [0.717, 1.165) is 11.3 Å². The summed E-state index contributed by atoms with van der Waals surface area (Å²) in [6.07, 6.45) is 1.84. The van der Waals surface area contributed by atoms with Crippen LogP contribution in [0.15, 0.2) is 54.7 Å². The first kappa shape index (κ1) is 20.4. The number of nitrogens with zero attached hydrogens (tertiary/aromatic N) is 2. The fourth-order valence-corrected chi connectivity index (χ4v) is 3.05. The Morgan fingerprint density at radius 3 is 2.45 bits per heavy atom. The molecule has 7 heteroatoms. The fourth-order valence-electron chi connectivity index (χ4n) is 3.05. The van der Waals surface area contributed by atoms with E-state index >= 15 is 0 Å². The summed E-state index contributed by atoms with van der Waals surface area (Å²) in [6, 6.07) is 15.0. The van der Waals surface area contributed by atoms with Crippen molar-refractivity contribution in [1.82, 2.24) is 15.1 Å². The van der Waals surface area contributed by atoms with Crippen molar-refractivity contribution in [3.63, 3.8) is 0 Å². The molecule has 0 radical (unpaired) electrons. The minimum absolute atomic E-state index is 0.146. The van der Waals surface area contributed by atoms with Crippen molar-refractivity contribution in [3.05, 3.63) is 60.4 Å². The number of ether oxygens (including phenoxy) is 3. The Kier molecular flexibility index (Phi) is 6.51. The molecule has 3 aromatic rings. The predicted octanol–water partition coefficient (Wildman–Crippen LogP) is 3.32. The Bertz CT molecular complexity index is 969. The number of hydrogen-bond donors (Lipinski definition) is 1. The SMILES string of the molecule is COCC(C)NC(=O)c1nn(-c2ccccc2)cc1-c1ccc(OC)c(OC)c1. The third kappa shape index (κ3) is 4.57. The molecule has 152 valence electrons. The van der Waals surface area contributed by atoms with Crippen LogP contribution in [0, 0.1) is 0 Å². The zero-order valence-corrected chi connectivity index (χ0v) is 17.0. The van der Waals surface area contributed by atoms with Gasteiger partial charge in [-0.2, -0.15) is 5.10 Å². The summed E-state index contributed by atoms with van der Waals surface area (Å²) < 4.78 is 17.5. The lowest BCUT2D eigenvalue weighted by molar-refractivity contribution is 0.0901. The van der Waals surface area contributed by atoms with Gasteiger partial charge in [0.15, 0.2) is 17.2 Å². The van der Waals surface area contributed by atoms with E-state index in [4.69, 9.17) is 14.2 Å². The minimum Gasteiger partial charge on any atom is -0.493 e. The molecule has 7 nitrogen and oxygen atoms in total. The molecule has 3 rings (SSSR count). The zero-order valence-electron chi connectivity index (χ0n) is 17.0. The summed E-state index contributed by atoms with van der Waals surface area (Å²) in [5.74, 6) is 0.928. The lowest BCUT2D eigenvalue weighted by Crippen LogP contribution is -2.36. The highest BCUT2D eigenvalue weighted by Gasteiger charge is 2.21. The maximum atomic E-state index is 12.9. The lowest BCUT2D eigenvalue weighted by atomic mass is 10.1. The van der Waals surface area contributed by atoms with Crippen molar-refractivity contribution >= 4 is 5.91 Å². The highest BCUT2D eigenvalue weighted by atomic mass is 16.5. The minimum atomic E-state index is -0.269. The largest absolute Gasteiger partial charge is 0.493 e. The topological polar surface area (TPSA) is 74.6 Å². The Morgan fingerprint density at radius 2 is 1.79 bits per heavy atom. The second-order valence-electron chi connectivity index (χ2n) is 6.57. The molecule has 1 amide bonds. The molecule has 1 atom stereocenters. The summed E-state index contributed by atoms with van der Waals surface area (Å²) in [4.78, 5) is 12.9. The summed E-state index contributed by atoms with van der Waals surface area (Å²) >= 11 is 0. The van der Waals surface area contributed by atoms with Gasteiger partial charge in [-0.25, -0.2) is 4.68 Å². The molecule has 1 N–H and O–H groups in total. The number of aromatic nitrogens is 2. The first-order chi connectivity index (χ1) is 14.1. The molecule has 0 aliphatic heterocycles. The molecular formula is C22H25N3O4. The van der Waals surface area contributed by atoms with Gasteiger partial charge in [-0.3, -0.25) is 4.79 Å². The number of hydrogen-bond acceptors (Lipinski definition) is 5. The average molecular weight is 395 g/mol. The highest BCUT2D eigenvalue weighted by Crippen LogP contribution is 2.34. The average Bonchev–Trinajstić information content (AvgIpc) is 3.19. The summed E-state index contributed by atoms with van der Waals surface area (Å²) in [7, 11) is 4.76. The van der Waals surface area contributed by atoms with E-state index in [9.17, 15) is 4.79 Å². The van der Waals surface area contributed by atoms with Gasteiger partial charge in [-0.15, -0.1) is 0 Å². The molecular weight excluding hydrogens is 370 g/mol. The molecule has 0 bridgehead atoms. The van der Waals surface area contributed by atoms with Crippen molar-refractivity contribution in [1.29, 1.82) is 0 Å². The molecule has 1 unspecified atom stereocenters. The first-order valence-corrected chi connectivity index (χ1v) is 9.24. The van der Waals surface area contributed by atoms with Crippen LogP contribution in [0.3, 0.4) is 0 Å². The van der Waals surface area contributed by atoms with Crippen LogP contribution in [0.1, 0.15) is 17.4 Å². The smallest absolute Gasteiger partial charge is 0.272 e. The van der Waals surface area contributed by atoms with Gasteiger partial charge in [0.1, 0.15) is 0 Å². The van der Waals surface area contributed by atoms with Crippen molar-refractivity contribution in [2.24, 2.45) is 0 Å². The number of carbonyl (C=O) groups excluding carboxylic acids is 1. The van der Waals surface area contributed by atoms with Gasteiger partial charge in [-0.05, 0) is 36.8 Å². The number of benzene rings is 2. The molecule has 2 aromatic carbocycles. The predicted molar refractivity (Wildman–Crippen MR) is 111 cm³/mol. The lowest BCUT2D eigenvalue weighted by Gasteiger charge is -2.13. The van der Waals surface area contributed by atoms with Crippen LogP contribution < -0.4 is 14.8 Å². The monoisotopic (exact) mass is 395 g/mol. The van der Waals surface area contributed by atoms with Crippen molar-refractivity contribution in [2.75, 3.05) is 27.9 Å². The van der Waals surface area contributed by atoms with Crippen molar-refractivity contribution in [2.45, 2.75) is 13.0 Å². The molecule has 0 saturated heterocycles. The third-order valence-corrected chi connectivity index (χ3v) is 4.44. The zero-order chi connectivity index (χ0) is 20.8. The molecule has 0 fully saturated rings. The van der Waals surface area contributed by atoms with E-state index in [0.29, 0.717) is 29.4 Å². The maximum absolute atomic E-state index is 12.9. The van der Waals surface area contributed by atoms with E-state index < -0.39 is 0 Å². The number of rotatable bonds is 8. The quantitative estimate of drug-likeness (QED) is 0.633. The van der Waals surface area contributed by atoms with E-state index in [2.05, 4.69) is 10.4 Å². The van der Waals surface area contributed by atoms with Crippen molar-refractivity contribution in [3.8, 4) is 28.3 Å². The van der Waals surface area contributed by atoms with Crippen LogP contribution in [0.25, 0.3) is 16.8 Å². The summed E-state index contributed by atoms with van der Waals surface area (Å²) in [5, 5.41) is 7.49. The Hall–Kier alpha value is -3.32. The molecule has 1 heterocycles. The van der Waals surface area contributed by atoms with E-state index in [-0.39, 0.29) is 11.9 Å². The number of carbonyl (C=O) groups is 1. The van der Waals surface area contributed by atoms with Crippen LogP contribution in [-0.4, -0.2) is 49.7 Å². The third-order valence-electron chi connectivity index (χ3n) is 4.44. The van der Waals surface area contributed by atoms with Crippen LogP contribution in [-0.2, 0) is 4.74 Å². The molecule has 0 aliphatic rings. The maximum Gasteiger partial charge on any atom is 0.272 e. The number of para-hydroxylation sites is 1. The summed E-state index contributed by atoms with van der Waals surface area (Å²) in [5.41, 5.74) is 2.67. The molecule has 29 heavy (non-hydrogen) atoms. The summed E-state index contributed by atoms with van der Waals surface area (Å²) in [6.45, 7) is 2.29. The highest BCUT2D eigenvalue weighted by molar-refractivity contribution is 5.99. The van der Waals surface area contributed by atoms with E-state index in [1.165, 1.54) is 0 Å². The van der Waals surface area contributed by atoms with Gasteiger partial charge in [0.2, 0.25) is 0 Å². The van der Waals surface area contributed by atoms with Crippen LogP contribution >= 0.6 is 0 Å². The van der Waals surface area contributed by atoms with Gasteiger partial charge in [0.25, 0.3) is 5.91 Å². The first-order valence-electron chi connectivity index (χ1n) is 9.24. The van der Waals surface area contributed by atoms with Crippen LogP contribution in [0.4, 0.5) is 0 Å². The van der Waals surface area contributed by atoms with Gasteiger partial charge in [-0.1, -0.05) is 24.3 Å². The normalized spacial score (nSPS) is 11.7. The molecule has 0 aliphatic carbocycles. The second kappa shape index (κ2) is 9.25. The molecule has 1 aromatic heterocycles. The van der Waals surface area contributed by atoms with Crippen LogP contribution in [0.5, 0.6) is 11.5 Å². The number of methoxy groups -OCH3 is 3. The van der Waals surface area contributed by atoms with E-state index in [1.807, 2.05) is 61.7 Å². The Morgan fingerprint density at radius 1 is 1.07 bits per heavy atom. The van der Waals surface area contributed by atoms with Gasteiger partial charge >= 0.3 is 0 Å². The van der Waals surface area contributed by atoms with Gasteiger partial charge < -0.3 is 19.5 Å². The number of nitrogens with one attached hydrogen (secondary N) is 1. The van der Waals surface area contributed by atoms with Crippen molar-refractivity contribution < 1.29 is 19.0 Å². The molecule has 0 spiro atoms. The van der Waals surface area contributed by atoms with Gasteiger partial charge in [0.05, 0.1) is 26.5 Å². The van der Waals surface area contributed by atoms with E-state index in [1.54, 1.807) is 26.0 Å².